The van der Waals surface area contributed by atoms with Crippen LogP contribution in [0.25, 0.3) is 6.08 Å². The van der Waals surface area contributed by atoms with Gasteiger partial charge in [0.25, 0.3) is 5.91 Å². The minimum atomic E-state index is -0.423. The molecule has 32 heavy (non-hydrogen) atoms. The minimum Gasteiger partial charge on any atom is -0.482 e. The van der Waals surface area contributed by atoms with E-state index >= 15 is 0 Å². The van der Waals surface area contributed by atoms with Crippen molar-refractivity contribution in [1.29, 1.82) is 0 Å². The fourth-order valence-corrected chi connectivity index (χ4v) is 4.43. The third-order valence-corrected chi connectivity index (χ3v) is 6.22. The maximum atomic E-state index is 14.1. The topological polar surface area (TPSA) is 58.6 Å². The number of nitrogens with zero attached hydrogens (tertiary/aromatic N) is 1. The van der Waals surface area contributed by atoms with Gasteiger partial charge in [-0.05, 0) is 55.5 Å². The molecule has 1 N–H and O–H groups in total. The van der Waals surface area contributed by atoms with Crippen molar-refractivity contribution in [3.63, 3.8) is 0 Å². The standard InChI is InChI=1S/C25H26ClFN2O3/c26-19-11-9-17(10-12-19)13-14-28-24(30)16-29-21-7-3-4-8-22(21)32-23(25(29)31)15-18-5-1-2-6-20(18)27/h1-2,5-6,9-12,15,21-22H,3-4,7-8,13-14,16H2,(H,28,30)/b23-15-. The lowest BCUT2D eigenvalue weighted by atomic mass is 9.89. The number of ether oxygens (including phenoxy) is 1. The van der Waals surface area contributed by atoms with Crippen LogP contribution in [0.4, 0.5) is 4.39 Å². The molecule has 1 saturated heterocycles. The van der Waals surface area contributed by atoms with E-state index in [-0.39, 0.29) is 41.8 Å². The smallest absolute Gasteiger partial charge is 0.289 e. The van der Waals surface area contributed by atoms with Crippen molar-refractivity contribution in [2.24, 2.45) is 0 Å². The average Bonchev–Trinajstić information content (AvgIpc) is 2.79. The SMILES string of the molecule is O=C(CN1C(=O)/C(=C/c2ccccc2F)OC2CCCCC21)NCCc1ccc(Cl)cc1. The van der Waals surface area contributed by atoms with Gasteiger partial charge in [-0.1, -0.05) is 48.4 Å². The van der Waals surface area contributed by atoms with Gasteiger partial charge < -0.3 is 15.0 Å². The lowest BCUT2D eigenvalue weighted by Crippen LogP contribution is -2.57. The van der Waals surface area contributed by atoms with Crippen LogP contribution in [0.3, 0.4) is 0 Å². The number of benzene rings is 2. The summed E-state index contributed by atoms with van der Waals surface area (Å²) in [6.45, 7) is 0.420. The zero-order valence-electron chi connectivity index (χ0n) is 17.7. The molecule has 1 heterocycles. The third-order valence-electron chi connectivity index (χ3n) is 5.97. The number of carbonyl (C=O) groups excluding carboxylic acids is 2. The molecule has 168 valence electrons. The first-order chi connectivity index (χ1) is 15.5. The Morgan fingerprint density at radius 1 is 1.16 bits per heavy atom. The van der Waals surface area contributed by atoms with Crippen molar-refractivity contribution in [2.75, 3.05) is 13.1 Å². The number of fused-ring (bicyclic) bond motifs is 1. The first-order valence-electron chi connectivity index (χ1n) is 11.0. The second-order valence-electron chi connectivity index (χ2n) is 8.20. The van der Waals surface area contributed by atoms with Crippen LogP contribution in [0.5, 0.6) is 0 Å². The predicted molar refractivity (Wildman–Crippen MR) is 121 cm³/mol. The lowest BCUT2D eigenvalue weighted by Gasteiger charge is -2.44. The van der Waals surface area contributed by atoms with Crippen molar-refractivity contribution in [2.45, 2.75) is 44.2 Å². The average molecular weight is 457 g/mol. The highest BCUT2D eigenvalue weighted by molar-refractivity contribution is 6.30. The van der Waals surface area contributed by atoms with Crippen molar-refractivity contribution in [3.05, 3.63) is 76.3 Å². The molecular formula is C25H26ClFN2O3. The maximum absolute atomic E-state index is 14.1. The Bertz CT molecular complexity index is 1010. The third kappa shape index (κ3) is 5.30. The van der Waals surface area contributed by atoms with E-state index < -0.39 is 5.82 Å². The fourth-order valence-electron chi connectivity index (χ4n) is 4.30. The van der Waals surface area contributed by atoms with Gasteiger partial charge in [-0.2, -0.15) is 0 Å². The Balaban J connectivity index is 1.44. The summed E-state index contributed by atoms with van der Waals surface area (Å²) in [5, 5.41) is 3.57. The summed E-state index contributed by atoms with van der Waals surface area (Å²) in [5.74, 6) is -0.922. The first kappa shape index (κ1) is 22.3. The molecule has 1 saturated carbocycles. The van der Waals surface area contributed by atoms with Crippen molar-refractivity contribution >= 4 is 29.5 Å². The second-order valence-corrected chi connectivity index (χ2v) is 8.63. The van der Waals surface area contributed by atoms with Crippen LogP contribution in [0.15, 0.2) is 54.3 Å². The molecule has 7 heteroatoms. The summed E-state index contributed by atoms with van der Waals surface area (Å²) < 4.78 is 20.1. The molecule has 2 atom stereocenters. The van der Waals surface area contributed by atoms with Gasteiger partial charge in [0, 0.05) is 17.1 Å². The van der Waals surface area contributed by atoms with Crippen LogP contribution in [-0.4, -0.2) is 41.9 Å². The van der Waals surface area contributed by atoms with Crippen LogP contribution in [0.2, 0.25) is 5.02 Å². The van der Waals surface area contributed by atoms with Gasteiger partial charge in [0.15, 0.2) is 5.76 Å². The molecular weight excluding hydrogens is 431 g/mol. The monoisotopic (exact) mass is 456 g/mol. The predicted octanol–water partition coefficient (Wildman–Crippen LogP) is 4.35. The Morgan fingerprint density at radius 3 is 2.69 bits per heavy atom. The summed E-state index contributed by atoms with van der Waals surface area (Å²) in [7, 11) is 0. The van der Waals surface area contributed by atoms with E-state index in [1.807, 2.05) is 24.3 Å². The van der Waals surface area contributed by atoms with E-state index in [2.05, 4.69) is 5.32 Å². The Kier molecular flexibility index (Phi) is 7.10. The zero-order chi connectivity index (χ0) is 22.5. The number of hydrogen-bond acceptors (Lipinski definition) is 3. The summed E-state index contributed by atoms with van der Waals surface area (Å²) in [4.78, 5) is 27.4. The summed E-state index contributed by atoms with van der Waals surface area (Å²) in [5.41, 5.74) is 1.36. The number of nitrogens with one attached hydrogen (secondary N) is 1. The van der Waals surface area contributed by atoms with Crippen LogP contribution >= 0.6 is 11.6 Å². The molecule has 2 fully saturated rings. The van der Waals surface area contributed by atoms with Gasteiger partial charge in [0.05, 0.1) is 6.04 Å². The minimum absolute atomic E-state index is 0.0431. The molecule has 2 unspecified atom stereocenters. The number of amides is 2. The highest BCUT2D eigenvalue weighted by atomic mass is 35.5. The zero-order valence-corrected chi connectivity index (χ0v) is 18.5. The normalized spacial score (nSPS) is 21.8. The lowest BCUT2D eigenvalue weighted by molar-refractivity contribution is -0.151. The number of morpholine rings is 1. The molecule has 5 nitrogen and oxygen atoms in total. The molecule has 0 spiro atoms. The molecule has 2 amide bonds. The van der Waals surface area contributed by atoms with E-state index in [9.17, 15) is 14.0 Å². The van der Waals surface area contributed by atoms with Gasteiger partial charge in [0.1, 0.15) is 18.5 Å². The molecule has 2 aromatic carbocycles. The van der Waals surface area contributed by atoms with Crippen LogP contribution in [-0.2, 0) is 20.7 Å². The molecule has 2 aromatic rings. The molecule has 0 aromatic heterocycles. The number of rotatable bonds is 6. The molecule has 2 aliphatic rings. The Hall–Kier alpha value is -2.86. The van der Waals surface area contributed by atoms with E-state index in [0.29, 0.717) is 18.0 Å². The van der Waals surface area contributed by atoms with E-state index in [1.54, 1.807) is 23.1 Å². The van der Waals surface area contributed by atoms with Crippen LogP contribution in [0, 0.1) is 5.82 Å². The van der Waals surface area contributed by atoms with E-state index in [1.165, 1.54) is 12.1 Å². The first-order valence-corrected chi connectivity index (χ1v) is 11.3. The maximum Gasteiger partial charge on any atom is 0.289 e. The fraction of sp³-hybridized carbons (Fsp3) is 0.360. The summed E-state index contributed by atoms with van der Waals surface area (Å²) in [6, 6.07) is 13.6. The van der Waals surface area contributed by atoms with Gasteiger partial charge in [-0.25, -0.2) is 4.39 Å². The van der Waals surface area contributed by atoms with Crippen LogP contribution < -0.4 is 5.32 Å². The largest absolute Gasteiger partial charge is 0.482 e. The Labute approximate surface area is 192 Å². The van der Waals surface area contributed by atoms with E-state index in [4.69, 9.17) is 16.3 Å². The molecule has 1 aliphatic carbocycles. The van der Waals surface area contributed by atoms with Crippen LogP contribution in [0.1, 0.15) is 36.8 Å². The number of halogens is 2. The van der Waals surface area contributed by atoms with Crippen molar-refractivity contribution in [3.8, 4) is 0 Å². The Morgan fingerprint density at radius 2 is 1.91 bits per heavy atom. The van der Waals surface area contributed by atoms with Crippen molar-refractivity contribution in [1.82, 2.24) is 10.2 Å². The molecule has 0 radical (unpaired) electrons. The second kappa shape index (κ2) is 10.2. The summed E-state index contributed by atoms with van der Waals surface area (Å²) in [6.07, 6.45) is 5.52. The molecule has 4 rings (SSSR count). The van der Waals surface area contributed by atoms with E-state index in [0.717, 1.165) is 31.2 Å². The quantitative estimate of drug-likeness (QED) is 0.657. The number of carbonyl (C=O) groups is 2. The summed E-state index contributed by atoms with van der Waals surface area (Å²) >= 11 is 5.90. The molecule has 1 aliphatic heterocycles. The van der Waals surface area contributed by atoms with Gasteiger partial charge in [-0.3, -0.25) is 9.59 Å². The van der Waals surface area contributed by atoms with Gasteiger partial charge in [0.2, 0.25) is 5.91 Å². The number of hydrogen-bond donors (Lipinski definition) is 1. The van der Waals surface area contributed by atoms with Crippen molar-refractivity contribution < 1.29 is 18.7 Å². The van der Waals surface area contributed by atoms with Gasteiger partial charge >= 0.3 is 0 Å². The highest BCUT2D eigenvalue weighted by Gasteiger charge is 2.42. The molecule has 0 bridgehead atoms. The van der Waals surface area contributed by atoms with Gasteiger partial charge in [-0.15, -0.1) is 0 Å². The highest BCUT2D eigenvalue weighted by Crippen LogP contribution is 2.33.